The molecule has 3 N–H and O–H groups in total. The summed E-state index contributed by atoms with van der Waals surface area (Å²) in [6, 6.07) is 0. The van der Waals surface area contributed by atoms with Gasteiger partial charge in [-0.3, -0.25) is 9.48 Å². The van der Waals surface area contributed by atoms with Gasteiger partial charge in [-0.05, 0) is 26.7 Å². The van der Waals surface area contributed by atoms with E-state index in [0.717, 1.165) is 12.8 Å². The summed E-state index contributed by atoms with van der Waals surface area (Å²) in [5, 5.41) is 6.91. The van der Waals surface area contributed by atoms with Gasteiger partial charge in [0.2, 0.25) is 0 Å². The van der Waals surface area contributed by atoms with Gasteiger partial charge in [-0.25, -0.2) is 0 Å². The number of nitrogens with zero attached hydrogens (tertiary/aromatic N) is 2. The van der Waals surface area contributed by atoms with Crippen LogP contribution in [0.25, 0.3) is 0 Å². The van der Waals surface area contributed by atoms with Crippen LogP contribution in [-0.4, -0.2) is 27.9 Å². The Morgan fingerprint density at radius 1 is 1.59 bits per heavy atom. The molecule has 0 radical (unpaired) electrons. The molecule has 1 saturated heterocycles. The predicted molar refractivity (Wildman–Crippen MR) is 64.6 cm³/mol. The molecule has 17 heavy (non-hydrogen) atoms. The number of carbonyl (C=O) groups excluding carboxylic acids is 1. The third kappa shape index (κ3) is 2.26. The normalized spacial score (nSPS) is 23.9. The van der Waals surface area contributed by atoms with Crippen molar-refractivity contribution in [3.63, 3.8) is 0 Å². The van der Waals surface area contributed by atoms with Crippen LogP contribution >= 0.6 is 0 Å². The minimum Gasteiger partial charge on any atom is -0.394 e. The Labute approximate surface area is 100 Å². The molecule has 2 unspecified atom stereocenters. The topological polar surface area (TPSA) is 82.2 Å². The lowest BCUT2D eigenvalue weighted by atomic mass is 10.2. The second kappa shape index (κ2) is 4.37. The van der Waals surface area contributed by atoms with Crippen molar-refractivity contribution in [1.82, 2.24) is 9.78 Å². The summed E-state index contributed by atoms with van der Waals surface area (Å²) in [7, 11) is 1.75. The average molecular weight is 238 g/mol. The predicted octanol–water partition coefficient (Wildman–Crippen LogP) is 0.817. The minimum absolute atomic E-state index is 0.149. The third-order valence-corrected chi connectivity index (χ3v) is 3.03. The molecule has 2 rings (SSSR count). The van der Waals surface area contributed by atoms with E-state index in [1.165, 1.54) is 0 Å². The van der Waals surface area contributed by atoms with Crippen LogP contribution in [-0.2, 0) is 16.6 Å². The van der Waals surface area contributed by atoms with E-state index in [2.05, 4.69) is 10.4 Å². The number of ether oxygens (including phenoxy) is 1. The van der Waals surface area contributed by atoms with Crippen LogP contribution in [0.3, 0.4) is 0 Å². The van der Waals surface area contributed by atoms with Crippen LogP contribution in [0, 0.1) is 6.92 Å². The molecule has 0 aliphatic carbocycles. The summed E-state index contributed by atoms with van der Waals surface area (Å²) in [6.45, 7) is 3.77. The van der Waals surface area contributed by atoms with Crippen LogP contribution in [0.1, 0.15) is 25.5 Å². The largest absolute Gasteiger partial charge is 0.394 e. The summed E-state index contributed by atoms with van der Waals surface area (Å²) in [4.78, 5) is 11.9. The second-order valence-corrected chi connectivity index (χ2v) is 4.47. The number of hydrogen-bond acceptors (Lipinski definition) is 4. The summed E-state index contributed by atoms with van der Waals surface area (Å²) < 4.78 is 7.07. The summed E-state index contributed by atoms with van der Waals surface area (Å²) in [5.74, 6) is 0.389. The molecule has 1 aromatic rings. The second-order valence-electron chi connectivity index (χ2n) is 4.47. The molecular weight excluding hydrogens is 220 g/mol. The first-order chi connectivity index (χ1) is 7.99. The number of carbonyl (C=O) groups is 1. The molecule has 0 bridgehead atoms. The van der Waals surface area contributed by atoms with Gasteiger partial charge in [0, 0.05) is 7.05 Å². The first-order valence-electron chi connectivity index (χ1n) is 5.74. The van der Waals surface area contributed by atoms with Gasteiger partial charge in [-0.2, -0.15) is 5.10 Å². The van der Waals surface area contributed by atoms with Crippen LogP contribution in [0.5, 0.6) is 0 Å². The molecule has 0 aromatic carbocycles. The number of nitrogen functional groups attached to an aromatic ring is 1. The summed E-state index contributed by atoms with van der Waals surface area (Å²) in [5.41, 5.74) is 7.06. The van der Waals surface area contributed by atoms with Crippen molar-refractivity contribution in [3.8, 4) is 0 Å². The molecule has 6 nitrogen and oxygen atoms in total. The molecule has 94 valence electrons. The van der Waals surface area contributed by atoms with E-state index in [1.54, 1.807) is 18.7 Å². The summed E-state index contributed by atoms with van der Waals surface area (Å²) >= 11 is 0. The molecule has 2 atom stereocenters. The highest BCUT2D eigenvalue weighted by molar-refractivity contribution is 5.96. The molecule has 1 fully saturated rings. The van der Waals surface area contributed by atoms with E-state index in [0.29, 0.717) is 17.2 Å². The van der Waals surface area contributed by atoms with Crippen molar-refractivity contribution >= 4 is 17.4 Å². The molecule has 2 heterocycles. The quantitative estimate of drug-likeness (QED) is 0.799. The van der Waals surface area contributed by atoms with E-state index in [-0.39, 0.29) is 18.1 Å². The van der Waals surface area contributed by atoms with Crippen molar-refractivity contribution in [2.24, 2.45) is 7.05 Å². The highest BCUT2D eigenvalue weighted by Crippen LogP contribution is 2.24. The van der Waals surface area contributed by atoms with Crippen LogP contribution in [0.2, 0.25) is 0 Å². The number of hydrogen-bond donors (Lipinski definition) is 2. The van der Waals surface area contributed by atoms with Crippen molar-refractivity contribution in [2.45, 2.75) is 38.9 Å². The Morgan fingerprint density at radius 3 is 2.76 bits per heavy atom. The number of nitrogens with one attached hydrogen (secondary N) is 1. The average Bonchev–Trinajstić information content (AvgIpc) is 2.79. The first kappa shape index (κ1) is 11.9. The highest BCUT2D eigenvalue weighted by Gasteiger charge is 2.29. The zero-order chi connectivity index (χ0) is 12.6. The van der Waals surface area contributed by atoms with Crippen LogP contribution < -0.4 is 11.1 Å². The maximum Gasteiger partial charge on any atom is 0.254 e. The lowest BCUT2D eigenvalue weighted by molar-refractivity contribution is -0.126. The maximum atomic E-state index is 11.9. The van der Waals surface area contributed by atoms with Crippen molar-refractivity contribution in [2.75, 3.05) is 11.1 Å². The monoisotopic (exact) mass is 238 g/mol. The molecule has 1 aliphatic heterocycles. The highest BCUT2D eigenvalue weighted by atomic mass is 16.5. The van der Waals surface area contributed by atoms with Crippen molar-refractivity contribution < 1.29 is 9.53 Å². The zero-order valence-corrected chi connectivity index (χ0v) is 10.4. The van der Waals surface area contributed by atoms with Crippen molar-refractivity contribution in [1.29, 1.82) is 0 Å². The Hall–Kier alpha value is -1.56. The third-order valence-electron chi connectivity index (χ3n) is 3.03. The SMILES string of the molecule is Cc1nn(C)c(NC(=O)C2CCC(C)O2)c1N. The van der Waals surface area contributed by atoms with Gasteiger partial charge >= 0.3 is 0 Å². The van der Waals surface area contributed by atoms with Crippen LogP contribution in [0.15, 0.2) is 0 Å². The number of anilines is 2. The first-order valence-corrected chi connectivity index (χ1v) is 5.74. The van der Waals surface area contributed by atoms with Crippen LogP contribution in [0.4, 0.5) is 11.5 Å². The Balaban J connectivity index is 2.08. The van der Waals surface area contributed by atoms with E-state index in [4.69, 9.17) is 10.5 Å². The standard InChI is InChI=1S/C11H18N4O2/c1-6-4-5-8(17-6)11(16)13-10-9(12)7(2)14-15(10)3/h6,8H,4-5,12H2,1-3H3,(H,13,16). The van der Waals surface area contributed by atoms with Gasteiger partial charge in [0.05, 0.1) is 17.5 Å². The van der Waals surface area contributed by atoms with Crippen molar-refractivity contribution in [3.05, 3.63) is 5.69 Å². The number of aromatic nitrogens is 2. The molecule has 0 saturated carbocycles. The van der Waals surface area contributed by atoms with Gasteiger partial charge in [0.15, 0.2) is 5.82 Å². The van der Waals surface area contributed by atoms with E-state index >= 15 is 0 Å². The van der Waals surface area contributed by atoms with Gasteiger partial charge < -0.3 is 15.8 Å². The molecule has 6 heteroatoms. The van der Waals surface area contributed by atoms with E-state index in [1.807, 2.05) is 6.92 Å². The smallest absolute Gasteiger partial charge is 0.254 e. The Morgan fingerprint density at radius 2 is 2.29 bits per heavy atom. The van der Waals surface area contributed by atoms with E-state index < -0.39 is 0 Å². The minimum atomic E-state index is -0.375. The number of aryl methyl sites for hydroxylation is 2. The maximum absolute atomic E-state index is 11.9. The number of nitrogens with two attached hydrogens (primary N) is 1. The van der Waals surface area contributed by atoms with Gasteiger partial charge in [-0.15, -0.1) is 0 Å². The molecule has 1 aliphatic rings. The number of rotatable bonds is 2. The lowest BCUT2D eigenvalue weighted by Crippen LogP contribution is -2.28. The molecular formula is C11H18N4O2. The van der Waals surface area contributed by atoms with E-state index in [9.17, 15) is 4.79 Å². The molecule has 1 amide bonds. The van der Waals surface area contributed by atoms with Gasteiger partial charge in [0.25, 0.3) is 5.91 Å². The fraction of sp³-hybridized carbons (Fsp3) is 0.636. The Bertz CT molecular complexity index is 441. The van der Waals surface area contributed by atoms with Gasteiger partial charge in [-0.1, -0.05) is 0 Å². The molecule has 1 aromatic heterocycles. The fourth-order valence-corrected chi connectivity index (χ4v) is 2.02. The summed E-state index contributed by atoms with van der Waals surface area (Å²) in [6.07, 6.45) is 1.44. The van der Waals surface area contributed by atoms with Gasteiger partial charge in [0.1, 0.15) is 6.10 Å². The Kier molecular flexibility index (Phi) is 3.06. The fourth-order valence-electron chi connectivity index (χ4n) is 2.02. The number of amides is 1. The zero-order valence-electron chi connectivity index (χ0n) is 10.4. The molecule has 0 spiro atoms. The lowest BCUT2D eigenvalue weighted by Gasteiger charge is -2.12.